The molecule has 0 spiro atoms. The van der Waals surface area contributed by atoms with Gasteiger partial charge in [-0.25, -0.2) is 0 Å². The second-order valence-corrected chi connectivity index (χ2v) is 13.0. The number of aliphatic hydroxyl groups excluding tert-OH is 1. The first-order valence-corrected chi connectivity index (χ1v) is 12.6. The Balaban J connectivity index is 1.55. The molecule has 5 rings (SSSR count). The Bertz CT molecular complexity index is 801. The molecule has 4 fully saturated rings. The summed E-state index contributed by atoms with van der Waals surface area (Å²) in [5.41, 5.74) is 1.81. The van der Waals surface area contributed by atoms with Crippen LogP contribution in [0.4, 0.5) is 0 Å². The van der Waals surface area contributed by atoms with Crippen LogP contribution in [-0.4, -0.2) is 23.5 Å². The van der Waals surface area contributed by atoms with E-state index < -0.39 is 12.4 Å². The third kappa shape index (κ3) is 2.79. The zero-order chi connectivity index (χ0) is 22.4. The van der Waals surface area contributed by atoms with Crippen molar-refractivity contribution in [3.05, 3.63) is 11.8 Å². The summed E-state index contributed by atoms with van der Waals surface area (Å²) in [5.74, 6) is 1.37. The summed E-state index contributed by atoms with van der Waals surface area (Å²) in [7, 11) is 0. The lowest BCUT2D eigenvalue weighted by molar-refractivity contribution is -0.255. The molecule has 4 heteroatoms. The van der Waals surface area contributed by atoms with E-state index in [-0.39, 0.29) is 22.7 Å². The molecule has 0 aromatic carbocycles. The first-order chi connectivity index (χ1) is 14.4. The average molecular weight is 431 g/mol. The van der Waals surface area contributed by atoms with Crippen LogP contribution in [0.1, 0.15) is 92.9 Å². The van der Waals surface area contributed by atoms with Gasteiger partial charge in [0.2, 0.25) is 0 Å². The Morgan fingerprint density at radius 2 is 1.74 bits per heavy atom. The van der Waals surface area contributed by atoms with Crippen LogP contribution >= 0.6 is 0 Å². The van der Waals surface area contributed by atoms with E-state index >= 15 is 0 Å². The maximum absolute atomic E-state index is 11.8. The second-order valence-electron chi connectivity index (χ2n) is 13.0. The van der Waals surface area contributed by atoms with Gasteiger partial charge in [-0.1, -0.05) is 41.0 Å². The molecule has 1 heterocycles. The molecule has 0 radical (unpaired) electrons. The van der Waals surface area contributed by atoms with E-state index in [2.05, 4.69) is 34.6 Å². The molecule has 4 aliphatic carbocycles. The normalized spacial score (nSPS) is 52.5. The third-order valence-corrected chi connectivity index (χ3v) is 11.3. The van der Waals surface area contributed by atoms with Crippen LogP contribution in [0.5, 0.6) is 0 Å². The minimum absolute atomic E-state index is 0.0312. The number of esters is 1. The smallest absolute Gasteiger partial charge is 0.305 e. The minimum Gasteiger partial charge on any atom is -0.462 e. The lowest BCUT2D eigenvalue weighted by atomic mass is 9.34. The number of hydrogen-bond donors (Lipinski definition) is 1. The number of ether oxygens (including phenoxy) is 2. The maximum atomic E-state index is 11.8. The van der Waals surface area contributed by atoms with Crippen LogP contribution in [-0.2, 0) is 14.3 Å². The SMILES string of the molecule is CC(=O)O[C@@H]1OC=C2CC[C@H]3[C@]4(C)CC[C@H]5C(C)(C)CCC[C@]5(C)[C@H]4C[C@@H](O)[C@]3(C)[C@H]21. The minimum atomic E-state index is -0.587. The van der Waals surface area contributed by atoms with Crippen molar-refractivity contribution in [1.82, 2.24) is 0 Å². The van der Waals surface area contributed by atoms with Crippen molar-refractivity contribution in [2.45, 2.75) is 105 Å². The Kier molecular flexibility index (Phi) is 4.74. The van der Waals surface area contributed by atoms with E-state index in [1.54, 1.807) is 0 Å². The predicted octanol–water partition coefficient (Wildman–Crippen LogP) is 5.84. The zero-order valence-corrected chi connectivity index (χ0v) is 20.4. The highest BCUT2D eigenvalue weighted by Gasteiger charge is 2.70. The molecular formula is C27H42O4. The summed E-state index contributed by atoms with van der Waals surface area (Å²) >= 11 is 0. The standard InChI is InChI=1S/C27H42O4/c1-16(28)31-23-22-17(15-30-23)8-9-19-26(5)13-10-18-24(2,3)11-7-12-25(18,4)20(26)14-21(29)27(19,22)6/h15,18-23,29H,7-14H2,1-6H3/t18-,19-,20+,21+,22+,23-,25-,26-,27+/m0/s1. The lowest BCUT2D eigenvalue weighted by Crippen LogP contribution is -2.67. The van der Waals surface area contributed by atoms with Crippen molar-refractivity contribution < 1.29 is 19.4 Å². The molecule has 1 N–H and O–H groups in total. The first-order valence-electron chi connectivity index (χ1n) is 12.6. The van der Waals surface area contributed by atoms with Gasteiger partial charge in [-0.3, -0.25) is 4.79 Å². The summed E-state index contributed by atoms with van der Waals surface area (Å²) in [4.78, 5) is 11.8. The maximum Gasteiger partial charge on any atom is 0.305 e. The number of rotatable bonds is 1. The van der Waals surface area contributed by atoms with Gasteiger partial charge in [-0.2, -0.15) is 0 Å². The van der Waals surface area contributed by atoms with Crippen LogP contribution in [0.25, 0.3) is 0 Å². The fourth-order valence-corrected chi connectivity index (χ4v) is 10.1. The van der Waals surface area contributed by atoms with Crippen molar-refractivity contribution in [3.63, 3.8) is 0 Å². The Labute approximate surface area is 188 Å². The largest absolute Gasteiger partial charge is 0.462 e. The van der Waals surface area contributed by atoms with E-state index in [9.17, 15) is 9.90 Å². The Morgan fingerprint density at radius 1 is 1.03 bits per heavy atom. The molecule has 4 saturated carbocycles. The van der Waals surface area contributed by atoms with Gasteiger partial charge in [0.15, 0.2) is 0 Å². The van der Waals surface area contributed by atoms with E-state index in [1.807, 2.05) is 6.26 Å². The zero-order valence-electron chi connectivity index (χ0n) is 20.4. The van der Waals surface area contributed by atoms with Crippen LogP contribution < -0.4 is 0 Å². The van der Waals surface area contributed by atoms with Crippen molar-refractivity contribution >= 4 is 5.97 Å². The molecule has 174 valence electrons. The summed E-state index contributed by atoms with van der Waals surface area (Å²) in [6, 6.07) is 0. The van der Waals surface area contributed by atoms with Gasteiger partial charge in [-0.05, 0) is 84.5 Å². The molecule has 0 unspecified atom stereocenters. The predicted molar refractivity (Wildman–Crippen MR) is 120 cm³/mol. The first kappa shape index (κ1) is 21.8. The molecular weight excluding hydrogens is 388 g/mol. The molecule has 9 atom stereocenters. The van der Waals surface area contributed by atoms with Gasteiger partial charge in [0, 0.05) is 12.3 Å². The third-order valence-electron chi connectivity index (χ3n) is 11.3. The monoisotopic (exact) mass is 430 g/mol. The average Bonchev–Trinajstić information content (AvgIpc) is 3.06. The highest BCUT2D eigenvalue weighted by atomic mass is 16.7. The second kappa shape index (κ2) is 6.74. The van der Waals surface area contributed by atoms with Crippen LogP contribution in [0.3, 0.4) is 0 Å². The van der Waals surface area contributed by atoms with Gasteiger partial charge >= 0.3 is 5.97 Å². The Morgan fingerprint density at radius 3 is 2.45 bits per heavy atom. The molecule has 0 aromatic heterocycles. The van der Waals surface area contributed by atoms with Gasteiger partial charge < -0.3 is 14.6 Å². The number of carbonyl (C=O) groups is 1. The van der Waals surface area contributed by atoms with Crippen molar-refractivity contribution in [3.8, 4) is 0 Å². The topological polar surface area (TPSA) is 55.8 Å². The van der Waals surface area contributed by atoms with Crippen molar-refractivity contribution in [2.24, 2.45) is 45.3 Å². The summed E-state index contributed by atoms with van der Waals surface area (Å²) in [5, 5.41) is 11.8. The number of carbonyl (C=O) groups excluding carboxylic acids is 1. The van der Waals surface area contributed by atoms with Gasteiger partial charge in [0.1, 0.15) is 0 Å². The number of fused-ring (bicyclic) bond motifs is 7. The van der Waals surface area contributed by atoms with E-state index in [4.69, 9.17) is 9.47 Å². The molecule has 0 amide bonds. The summed E-state index contributed by atoms with van der Waals surface area (Å²) < 4.78 is 11.5. The number of aliphatic hydroxyl groups is 1. The van der Waals surface area contributed by atoms with Crippen LogP contribution in [0.2, 0.25) is 0 Å². The van der Waals surface area contributed by atoms with Crippen LogP contribution in [0.15, 0.2) is 11.8 Å². The fraction of sp³-hybridized carbons (Fsp3) is 0.889. The van der Waals surface area contributed by atoms with Gasteiger partial charge in [0.25, 0.3) is 6.29 Å². The molecule has 4 nitrogen and oxygen atoms in total. The number of hydrogen-bond acceptors (Lipinski definition) is 4. The van der Waals surface area contributed by atoms with Gasteiger partial charge in [0.05, 0.1) is 18.3 Å². The van der Waals surface area contributed by atoms with Crippen molar-refractivity contribution in [2.75, 3.05) is 0 Å². The quantitative estimate of drug-likeness (QED) is 0.531. The van der Waals surface area contributed by atoms with E-state index in [0.29, 0.717) is 22.7 Å². The highest BCUT2D eigenvalue weighted by Crippen LogP contribution is 2.74. The molecule has 0 aromatic rings. The highest BCUT2D eigenvalue weighted by molar-refractivity contribution is 5.66. The van der Waals surface area contributed by atoms with E-state index in [0.717, 1.165) is 25.2 Å². The van der Waals surface area contributed by atoms with Crippen molar-refractivity contribution in [1.29, 1.82) is 0 Å². The lowest BCUT2D eigenvalue weighted by Gasteiger charge is -2.70. The Hall–Kier alpha value is -1.03. The molecule has 1 aliphatic heterocycles. The molecule has 5 aliphatic rings. The van der Waals surface area contributed by atoms with Gasteiger partial charge in [-0.15, -0.1) is 0 Å². The fourth-order valence-electron chi connectivity index (χ4n) is 10.1. The molecule has 0 bridgehead atoms. The molecule has 31 heavy (non-hydrogen) atoms. The van der Waals surface area contributed by atoms with Crippen LogP contribution in [0, 0.1) is 45.3 Å². The summed E-state index contributed by atoms with van der Waals surface area (Å²) in [6.45, 7) is 13.8. The van der Waals surface area contributed by atoms with E-state index in [1.165, 1.54) is 44.6 Å². The molecule has 0 saturated heterocycles. The summed E-state index contributed by atoms with van der Waals surface area (Å²) in [6.07, 6.45) is 10.3.